The average Bonchev–Trinajstić information content (AvgIpc) is 2.55. The van der Waals surface area contributed by atoms with Crippen molar-refractivity contribution >= 4 is 23.2 Å². The lowest BCUT2D eigenvalue weighted by molar-refractivity contribution is 0.470. The highest BCUT2D eigenvalue weighted by Gasteiger charge is 2.27. The van der Waals surface area contributed by atoms with Crippen molar-refractivity contribution < 1.29 is 0 Å². The third-order valence-corrected chi connectivity index (χ3v) is 5.32. The first-order chi connectivity index (χ1) is 10.6. The molecule has 2 unspecified atom stereocenters. The molecule has 0 spiro atoms. The van der Waals surface area contributed by atoms with E-state index in [2.05, 4.69) is 29.6 Å². The highest BCUT2D eigenvalue weighted by molar-refractivity contribution is 6.42. The second-order valence-electron chi connectivity index (χ2n) is 5.81. The number of hydrogen-bond acceptors (Lipinski definition) is 2. The largest absolute Gasteiger partial charge is 0.326 e. The van der Waals surface area contributed by atoms with Gasteiger partial charge in [-0.05, 0) is 54.3 Å². The van der Waals surface area contributed by atoms with Gasteiger partial charge < -0.3 is 11.1 Å². The highest BCUT2D eigenvalue weighted by Crippen LogP contribution is 2.42. The van der Waals surface area contributed by atoms with Crippen molar-refractivity contribution in [2.24, 2.45) is 5.73 Å². The molecule has 2 aromatic rings. The Bertz CT molecular complexity index is 685. The van der Waals surface area contributed by atoms with E-state index in [1.807, 2.05) is 19.2 Å². The summed E-state index contributed by atoms with van der Waals surface area (Å²) in [6, 6.07) is 12.9. The summed E-state index contributed by atoms with van der Waals surface area (Å²) in [5.74, 6) is 0.362. The van der Waals surface area contributed by atoms with Crippen molar-refractivity contribution in [1.82, 2.24) is 5.32 Å². The van der Waals surface area contributed by atoms with Crippen LogP contribution < -0.4 is 11.1 Å². The third-order valence-electron chi connectivity index (χ3n) is 4.58. The summed E-state index contributed by atoms with van der Waals surface area (Å²) in [4.78, 5) is 0. The van der Waals surface area contributed by atoms with Gasteiger partial charge in [-0.15, -0.1) is 0 Å². The van der Waals surface area contributed by atoms with Crippen LogP contribution in [0.2, 0.25) is 10.0 Å². The van der Waals surface area contributed by atoms with Gasteiger partial charge in [-0.25, -0.2) is 0 Å². The molecule has 0 amide bonds. The molecule has 1 aliphatic carbocycles. The maximum absolute atomic E-state index is 6.20. The molecule has 2 aromatic carbocycles. The molecular weight excluding hydrogens is 315 g/mol. The molecule has 0 aliphatic heterocycles. The molecule has 116 valence electrons. The summed E-state index contributed by atoms with van der Waals surface area (Å²) in [5, 5.41) is 4.64. The first-order valence-electron chi connectivity index (χ1n) is 7.59. The number of nitrogens with one attached hydrogen (secondary N) is 1. The van der Waals surface area contributed by atoms with E-state index in [1.54, 1.807) is 0 Å². The molecule has 0 aromatic heterocycles. The summed E-state index contributed by atoms with van der Waals surface area (Å²) in [6.07, 6.45) is 2.20. The van der Waals surface area contributed by atoms with Gasteiger partial charge in [0.2, 0.25) is 0 Å². The second kappa shape index (κ2) is 6.59. The Morgan fingerprint density at radius 1 is 1.05 bits per heavy atom. The maximum Gasteiger partial charge on any atom is 0.0595 e. The summed E-state index contributed by atoms with van der Waals surface area (Å²) >= 11 is 12.3. The fraction of sp³-hybridized carbons (Fsp3) is 0.333. The van der Waals surface area contributed by atoms with E-state index in [-0.39, 0.29) is 0 Å². The molecule has 0 saturated heterocycles. The lowest BCUT2D eigenvalue weighted by Crippen LogP contribution is -2.24. The zero-order chi connectivity index (χ0) is 15.7. The molecule has 0 fully saturated rings. The maximum atomic E-state index is 6.20. The molecule has 2 atom stereocenters. The lowest BCUT2D eigenvalue weighted by Gasteiger charge is -2.32. The zero-order valence-corrected chi connectivity index (χ0v) is 14.1. The second-order valence-corrected chi connectivity index (χ2v) is 6.63. The van der Waals surface area contributed by atoms with E-state index in [1.165, 1.54) is 22.3 Å². The van der Waals surface area contributed by atoms with Gasteiger partial charge in [0, 0.05) is 18.5 Å². The van der Waals surface area contributed by atoms with Crippen LogP contribution in [0.3, 0.4) is 0 Å². The number of fused-ring (bicyclic) bond motifs is 1. The minimum Gasteiger partial charge on any atom is -0.326 e. The number of nitrogens with two attached hydrogens (primary N) is 1. The summed E-state index contributed by atoms with van der Waals surface area (Å²) < 4.78 is 0. The molecule has 2 nitrogen and oxygen atoms in total. The van der Waals surface area contributed by atoms with Gasteiger partial charge in [0.25, 0.3) is 0 Å². The summed E-state index contributed by atoms with van der Waals surface area (Å²) in [6.45, 7) is 0.571. The molecule has 4 heteroatoms. The monoisotopic (exact) mass is 334 g/mol. The van der Waals surface area contributed by atoms with Crippen LogP contribution in [0.1, 0.15) is 47.1 Å². The first kappa shape index (κ1) is 15.8. The Labute approximate surface area is 141 Å². The Morgan fingerprint density at radius 3 is 2.55 bits per heavy atom. The van der Waals surface area contributed by atoms with Crippen LogP contribution in [-0.4, -0.2) is 7.05 Å². The molecule has 3 N–H and O–H groups in total. The van der Waals surface area contributed by atoms with E-state index in [0.717, 1.165) is 12.8 Å². The van der Waals surface area contributed by atoms with Gasteiger partial charge in [0.1, 0.15) is 0 Å². The first-order valence-corrected chi connectivity index (χ1v) is 8.34. The van der Waals surface area contributed by atoms with Crippen molar-refractivity contribution in [3.8, 4) is 0 Å². The molecule has 0 bridgehead atoms. The van der Waals surface area contributed by atoms with Gasteiger partial charge in [-0.1, -0.05) is 47.5 Å². The predicted octanol–water partition coefficient (Wildman–Crippen LogP) is 4.64. The van der Waals surface area contributed by atoms with Crippen LogP contribution in [0.25, 0.3) is 0 Å². The minimum atomic E-state index is 0.362. The fourth-order valence-electron chi connectivity index (χ4n) is 3.39. The number of rotatable bonds is 3. The van der Waals surface area contributed by atoms with Gasteiger partial charge in [0.05, 0.1) is 10.0 Å². The average molecular weight is 335 g/mol. The Hall–Kier alpha value is -1.06. The van der Waals surface area contributed by atoms with Crippen molar-refractivity contribution in [1.29, 1.82) is 0 Å². The minimum absolute atomic E-state index is 0.362. The van der Waals surface area contributed by atoms with Crippen molar-refractivity contribution in [2.45, 2.75) is 31.3 Å². The van der Waals surface area contributed by atoms with Gasteiger partial charge in [0.15, 0.2) is 0 Å². The van der Waals surface area contributed by atoms with E-state index in [4.69, 9.17) is 28.9 Å². The van der Waals surface area contributed by atoms with E-state index >= 15 is 0 Å². The topological polar surface area (TPSA) is 38.0 Å². The molecule has 0 saturated carbocycles. The highest BCUT2D eigenvalue weighted by atomic mass is 35.5. The van der Waals surface area contributed by atoms with Crippen molar-refractivity contribution in [2.75, 3.05) is 7.05 Å². The lowest BCUT2D eigenvalue weighted by atomic mass is 9.76. The Kier molecular flexibility index (Phi) is 4.74. The van der Waals surface area contributed by atoms with Crippen LogP contribution in [0.5, 0.6) is 0 Å². The van der Waals surface area contributed by atoms with Crippen molar-refractivity contribution in [3.63, 3.8) is 0 Å². The normalized spacial score (nSPS) is 20.7. The molecule has 0 radical (unpaired) electrons. The molecule has 0 heterocycles. The standard InChI is InChI=1S/C18H20Cl2N2/c1-22-18-7-5-13(12-3-6-16(19)17(20)9-12)14-4-2-11(10-21)8-15(14)18/h2-4,6,8-9,13,18,22H,5,7,10,21H2,1H3. The SMILES string of the molecule is CNC1CCC(c2ccc(Cl)c(Cl)c2)c2ccc(CN)cc21. The van der Waals surface area contributed by atoms with Gasteiger partial charge >= 0.3 is 0 Å². The Balaban J connectivity index is 2.06. The fourth-order valence-corrected chi connectivity index (χ4v) is 3.70. The predicted molar refractivity (Wildman–Crippen MR) is 93.7 cm³/mol. The number of benzene rings is 2. The summed E-state index contributed by atoms with van der Waals surface area (Å²) in [5.41, 5.74) is 10.9. The Morgan fingerprint density at radius 2 is 1.86 bits per heavy atom. The molecule has 3 rings (SSSR count). The van der Waals surface area contributed by atoms with Gasteiger partial charge in [-0.3, -0.25) is 0 Å². The molecule has 22 heavy (non-hydrogen) atoms. The quantitative estimate of drug-likeness (QED) is 0.858. The van der Waals surface area contributed by atoms with Crippen LogP contribution in [0.15, 0.2) is 36.4 Å². The molecule has 1 aliphatic rings. The van der Waals surface area contributed by atoms with Crippen LogP contribution in [0.4, 0.5) is 0 Å². The van der Waals surface area contributed by atoms with Crippen LogP contribution in [-0.2, 0) is 6.54 Å². The van der Waals surface area contributed by atoms with E-state index in [9.17, 15) is 0 Å². The zero-order valence-electron chi connectivity index (χ0n) is 12.6. The number of halogens is 2. The smallest absolute Gasteiger partial charge is 0.0595 e. The van der Waals surface area contributed by atoms with Gasteiger partial charge in [-0.2, -0.15) is 0 Å². The number of hydrogen-bond donors (Lipinski definition) is 2. The molecular formula is C18H20Cl2N2. The summed E-state index contributed by atoms with van der Waals surface area (Å²) in [7, 11) is 2.02. The van der Waals surface area contributed by atoms with Crippen LogP contribution in [0, 0.1) is 0 Å². The van der Waals surface area contributed by atoms with Crippen LogP contribution >= 0.6 is 23.2 Å². The van der Waals surface area contributed by atoms with Crippen molar-refractivity contribution in [3.05, 3.63) is 68.7 Å². The van der Waals surface area contributed by atoms with E-state index < -0.39 is 0 Å². The van der Waals surface area contributed by atoms with E-state index in [0.29, 0.717) is 28.5 Å². The third kappa shape index (κ3) is 2.89.